The molecule has 0 saturated heterocycles. The van der Waals surface area contributed by atoms with Crippen LogP contribution in [0, 0.1) is 0 Å². The second kappa shape index (κ2) is 11.0. The van der Waals surface area contributed by atoms with Gasteiger partial charge in [-0.15, -0.1) is 0 Å². The zero-order valence-corrected chi connectivity index (χ0v) is 17.9. The van der Waals surface area contributed by atoms with Crippen LogP contribution in [0.4, 0.5) is 0 Å². The van der Waals surface area contributed by atoms with Crippen LogP contribution in [0.15, 0.2) is 48.5 Å². The van der Waals surface area contributed by atoms with Crippen molar-refractivity contribution in [2.24, 2.45) is 0 Å². The quantitative estimate of drug-likeness (QED) is 0.579. The number of phenolic OH excluding ortho intramolecular Hbond substituents is 1. The lowest BCUT2D eigenvalue weighted by molar-refractivity contribution is -0.0247. The van der Waals surface area contributed by atoms with Gasteiger partial charge in [-0.05, 0) is 43.5 Å². The molecule has 2 atom stereocenters. The Labute approximate surface area is 179 Å². The molecule has 5 heteroatoms. The van der Waals surface area contributed by atoms with Gasteiger partial charge < -0.3 is 14.9 Å². The molecule has 0 heterocycles. The number of ether oxygens (including phenoxy) is 1. The van der Waals surface area contributed by atoms with Gasteiger partial charge in [0.25, 0.3) is 0 Å². The van der Waals surface area contributed by atoms with Crippen molar-refractivity contribution in [1.82, 2.24) is 4.90 Å². The lowest BCUT2D eigenvalue weighted by atomic mass is 9.93. The van der Waals surface area contributed by atoms with Gasteiger partial charge >= 0.3 is 0 Å². The summed E-state index contributed by atoms with van der Waals surface area (Å²) in [4.78, 5) is 2.31. The zero-order chi connectivity index (χ0) is 20.6. The lowest BCUT2D eigenvalue weighted by Crippen LogP contribution is -2.42. The van der Waals surface area contributed by atoms with Gasteiger partial charge in [0.05, 0.1) is 18.8 Å². The molecule has 3 rings (SSSR count). The van der Waals surface area contributed by atoms with Crippen LogP contribution in [-0.4, -0.2) is 40.4 Å². The zero-order valence-electron chi connectivity index (χ0n) is 17.1. The van der Waals surface area contributed by atoms with Crippen molar-refractivity contribution in [2.45, 2.75) is 63.8 Å². The van der Waals surface area contributed by atoms with E-state index in [1.807, 2.05) is 49.4 Å². The summed E-state index contributed by atoms with van der Waals surface area (Å²) in [6.45, 7) is 3.43. The molecule has 2 N–H and O–H groups in total. The maximum Gasteiger partial charge on any atom is 0.120 e. The van der Waals surface area contributed by atoms with E-state index in [1.165, 1.54) is 19.3 Å². The van der Waals surface area contributed by atoms with Gasteiger partial charge in [-0.3, -0.25) is 4.90 Å². The van der Waals surface area contributed by atoms with E-state index in [2.05, 4.69) is 4.90 Å². The van der Waals surface area contributed by atoms with E-state index in [0.717, 1.165) is 24.0 Å². The Morgan fingerprint density at radius 1 is 1.07 bits per heavy atom. The summed E-state index contributed by atoms with van der Waals surface area (Å²) in [6.07, 6.45) is 5.32. The van der Waals surface area contributed by atoms with E-state index >= 15 is 0 Å². The van der Waals surface area contributed by atoms with Crippen LogP contribution in [0.25, 0.3) is 0 Å². The highest BCUT2D eigenvalue weighted by Gasteiger charge is 2.24. The first-order valence-corrected chi connectivity index (χ1v) is 11.0. The molecule has 0 aliphatic heterocycles. The van der Waals surface area contributed by atoms with Crippen molar-refractivity contribution in [2.75, 3.05) is 13.2 Å². The molecule has 2 aromatic rings. The van der Waals surface area contributed by atoms with Crippen LogP contribution >= 0.6 is 11.6 Å². The average Bonchev–Trinajstić information content (AvgIpc) is 2.74. The number of aliphatic hydroxyl groups is 1. The fraction of sp³-hybridized carbons (Fsp3) is 0.500. The summed E-state index contributed by atoms with van der Waals surface area (Å²) in [5.74, 6) is 0.315. The van der Waals surface area contributed by atoms with Crippen LogP contribution in [-0.2, 0) is 11.3 Å². The molecule has 1 saturated carbocycles. The number of hydrogen-bond donors (Lipinski definition) is 2. The number of hydrogen-bond acceptors (Lipinski definition) is 4. The number of aromatic hydroxyl groups is 1. The van der Waals surface area contributed by atoms with Crippen LogP contribution in [0.2, 0.25) is 5.02 Å². The maximum atomic E-state index is 10.7. The number of para-hydroxylation sites is 1. The second-order valence-electron chi connectivity index (χ2n) is 8.03. The highest BCUT2D eigenvalue weighted by Crippen LogP contribution is 2.27. The monoisotopic (exact) mass is 417 g/mol. The molecule has 1 fully saturated rings. The number of halogens is 1. The highest BCUT2D eigenvalue weighted by atomic mass is 35.5. The van der Waals surface area contributed by atoms with Gasteiger partial charge in [0.15, 0.2) is 0 Å². The minimum atomic E-state index is -0.586. The number of phenols is 1. The molecule has 0 spiro atoms. The topological polar surface area (TPSA) is 52.9 Å². The van der Waals surface area contributed by atoms with Crippen molar-refractivity contribution < 1.29 is 14.9 Å². The number of aliphatic hydroxyl groups excluding tert-OH is 1. The third kappa shape index (κ3) is 6.71. The Kier molecular flexibility index (Phi) is 8.37. The molecule has 1 aliphatic carbocycles. The van der Waals surface area contributed by atoms with Crippen LogP contribution in [0.1, 0.15) is 56.3 Å². The first kappa shape index (κ1) is 22.1. The summed E-state index contributed by atoms with van der Waals surface area (Å²) in [7, 11) is 0. The first-order valence-electron chi connectivity index (χ1n) is 10.6. The minimum absolute atomic E-state index is 0.108. The fourth-order valence-corrected chi connectivity index (χ4v) is 4.19. The Balaban J connectivity index is 1.58. The predicted octanol–water partition coefficient (Wildman–Crippen LogP) is 5.32. The maximum absolute atomic E-state index is 10.7. The fourth-order valence-electron chi connectivity index (χ4n) is 4.06. The standard InChI is InChI=1S/C24H32ClNO3/c1-18(19-11-13-21(25)14-12-19)29-17-23(27)16-26(22-8-3-2-4-9-22)15-20-7-5-6-10-24(20)28/h5-7,10-14,18,22-23,27-28H,2-4,8-9,15-17H2,1H3/t18-,23-/m1/s1. The smallest absolute Gasteiger partial charge is 0.120 e. The van der Waals surface area contributed by atoms with Gasteiger partial charge in [-0.25, -0.2) is 0 Å². The molecule has 1 aliphatic rings. The number of rotatable bonds is 9. The Bertz CT molecular complexity index is 746. The molecule has 2 aromatic carbocycles. The van der Waals surface area contributed by atoms with Crippen molar-refractivity contribution >= 4 is 11.6 Å². The van der Waals surface area contributed by atoms with Gasteiger partial charge in [0, 0.05) is 29.7 Å². The number of nitrogens with zero attached hydrogens (tertiary/aromatic N) is 1. The summed E-state index contributed by atoms with van der Waals surface area (Å²) in [5, 5.41) is 21.6. The normalized spacial score (nSPS) is 17.4. The molecular formula is C24H32ClNO3. The molecule has 0 bridgehead atoms. The first-order chi connectivity index (χ1) is 14.0. The second-order valence-corrected chi connectivity index (χ2v) is 8.47. The van der Waals surface area contributed by atoms with E-state index < -0.39 is 6.10 Å². The van der Waals surface area contributed by atoms with Crippen LogP contribution in [0.5, 0.6) is 5.75 Å². The third-order valence-electron chi connectivity index (χ3n) is 5.78. The van der Waals surface area contributed by atoms with Crippen molar-refractivity contribution in [3.8, 4) is 5.75 Å². The largest absolute Gasteiger partial charge is 0.508 e. The molecule has 0 unspecified atom stereocenters. The molecule has 158 valence electrons. The Hall–Kier alpha value is -1.59. The summed E-state index contributed by atoms with van der Waals surface area (Å²) >= 11 is 5.95. The molecule has 0 radical (unpaired) electrons. The van der Waals surface area contributed by atoms with Crippen LogP contribution < -0.4 is 0 Å². The Morgan fingerprint density at radius 3 is 2.45 bits per heavy atom. The predicted molar refractivity (Wildman–Crippen MR) is 117 cm³/mol. The molecule has 0 aromatic heterocycles. The van der Waals surface area contributed by atoms with Gasteiger partial charge in [0.2, 0.25) is 0 Å². The molecule has 29 heavy (non-hydrogen) atoms. The van der Waals surface area contributed by atoms with E-state index in [4.69, 9.17) is 16.3 Å². The van der Waals surface area contributed by atoms with Gasteiger partial charge in [-0.1, -0.05) is 61.2 Å². The van der Waals surface area contributed by atoms with Crippen molar-refractivity contribution in [3.63, 3.8) is 0 Å². The van der Waals surface area contributed by atoms with E-state index in [-0.39, 0.29) is 12.7 Å². The summed E-state index contributed by atoms with van der Waals surface area (Å²) in [6, 6.07) is 15.5. The van der Waals surface area contributed by atoms with Crippen molar-refractivity contribution in [1.29, 1.82) is 0 Å². The lowest BCUT2D eigenvalue weighted by Gasteiger charge is -2.36. The molecular weight excluding hydrogens is 386 g/mol. The SMILES string of the molecule is C[C@@H](OC[C@H](O)CN(Cc1ccccc1O)C1CCCCC1)c1ccc(Cl)cc1. The molecule has 4 nitrogen and oxygen atoms in total. The third-order valence-corrected chi connectivity index (χ3v) is 6.03. The van der Waals surface area contributed by atoms with Crippen LogP contribution in [0.3, 0.4) is 0 Å². The molecule has 0 amide bonds. The van der Waals surface area contributed by atoms with E-state index in [1.54, 1.807) is 6.07 Å². The number of benzene rings is 2. The highest BCUT2D eigenvalue weighted by molar-refractivity contribution is 6.30. The summed E-state index contributed by atoms with van der Waals surface area (Å²) in [5.41, 5.74) is 1.95. The van der Waals surface area contributed by atoms with E-state index in [9.17, 15) is 10.2 Å². The Morgan fingerprint density at radius 2 is 1.76 bits per heavy atom. The van der Waals surface area contributed by atoms with E-state index in [0.29, 0.717) is 29.9 Å². The van der Waals surface area contributed by atoms with Crippen molar-refractivity contribution in [3.05, 3.63) is 64.7 Å². The summed E-state index contributed by atoms with van der Waals surface area (Å²) < 4.78 is 5.92. The van der Waals surface area contributed by atoms with Gasteiger partial charge in [-0.2, -0.15) is 0 Å². The van der Waals surface area contributed by atoms with Gasteiger partial charge in [0.1, 0.15) is 5.75 Å². The minimum Gasteiger partial charge on any atom is -0.508 e. The average molecular weight is 418 g/mol.